The number of nitriles is 1. The number of halogens is 3. The smallest absolute Gasteiger partial charge is 0.348 e. The number of sulfonamides is 1. The van der Waals surface area contributed by atoms with Crippen molar-refractivity contribution in [3.8, 4) is 6.07 Å². The summed E-state index contributed by atoms with van der Waals surface area (Å²) in [5.41, 5.74) is -1.12. The van der Waals surface area contributed by atoms with Crippen molar-refractivity contribution in [2.45, 2.75) is 43.2 Å². The molecule has 2 aromatic carbocycles. The second-order valence-electron chi connectivity index (χ2n) is 9.65. The molecule has 0 aromatic heterocycles. The maximum Gasteiger partial charge on any atom is 0.417 e. The highest BCUT2D eigenvalue weighted by Crippen LogP contribution is 2.62. The topological polar surface area (TPSA) is 90.3 Å². The van der Waals surface area contributed by atoms with Crippen LogP contribution >= 0.6 is 0 Å². The Kier molecular flexibility index (Phi) is 5.40. The molecule has 1 N–H and O–H groups in total. The lowest BCUT2D eigenvalue weighted by Crippen LogP contribution is -2.58. The standard InChI is InChI=1S/C25H24F3N3O3S/c1-15(16-5-3-2-4-6-16)30-23(32)24-19-9-7-17(11-19)22(24)14-31(35(24,33)34)20-10-8-18(13-29)21(12-20)25(26,27)28/h2-6,8,10,12,15,17,19,22H,7,9,11,14H2,1H3,(H,30,32)/t15-,17-,19+,22-,24+/m0/s1. The molecule has 2 aliphatic carbocycles. The molecular formula is C25H24F3N3O3S. The van der Waals surface area contributed by atoms with E-state index in [2.05, 4.69) is 5.32 Å². The van der Waals surface area contributed by atoms with Gasteiger partial charge in [-0.25, -0.2) is 8.42 Å². The van der Waals surface area contributed by atoms with Gasteiger partial charge in [0.2, 0.25) is 5.91 Å². The van der Waals surface area contributed by atoms with Crippen LogP contribution < -0.4 is 9.62 Å². The van der Waals surface area contributed by atoms with E-state index < -0.39 is 55.9 Å². The molecule has 10 heteroatoms. The van der Waals surface area contributed by atoms with E-state index in [1.54, 1.807) is 6.92 Å². The van der Waals surface area contributed by atoms with E-state index in [4.69, 9.17) is 5.26 Å². The van der Waals surface area contributed by atoms with E-state index in [1.807, 2.05) is 30.3 Å². The van der Waals surface area contributed by atoms with Crippen LogP contribution in [0.3, 0.4) is 0 Å². The van der Waals surface area contributed by atoms with Crippen LogP contribution in [0.4, 0.5) is 18.9 Å². The van der Waals surface area contributed by atoms with Gasteiger partial charge < -0.3 is 5.32 Å². The van der Waals surface area contributed by atoms with E-state index in [1.165, 1.54) is 12.1 Å². The minimum Gasteiger partial charge on any atom is -0.348 e. The number of amides is 1. The monoisotopic (exact) mass is 503 g/mol. The molecule has 5 atom stereocenters. The summed E-state index contributed by atoms with van der Waals surface area (Å²) in [6.45, 7) is 1.72. The van der Waals surface area contributed by atoms with Crippen LogP contribution in [-0.2, 0) is 21.0 Å². The Bertz CT molecular complexity index is 1320. The lowest BCUT2D eigenvalue weighted by Gasteiger charge is -2.36. The van der Waals surface area contributed by atoms with Crippen molar-refractivity contribution >= 4 is 21.6 Å². The lowest BCUT2D eigenvalue weighted by atomic mass is 9.77. The SMILES string of the molecule is C[C@H](NC(=O)[C@@]12[C@@H]3CC[C@@H](C3)[C@@H]1CN(c1ccc(C#N)c(C(F)(F)F)c1)S2(=O)=O)c1ccccc1. The van der Waals surface area contributed by atoms with Crippen molar-refractivity contribution in [2.75, 3.05) is 10.8 Å². The molecular weight excluding hydrogens is 479 g/mol. The fourth-order valence-corrected chi connectivity index (χ4v) is 9.13. The number of nitrogens with zero attached hydrogens (tertiary/aromatic N) is 2. The minimum atomic E-state index is -4.82. The summed E-state index contributed by atoms with van der Waals surface area (Å²) >= 11 is 0. The van der Waals surface area contributed by atoms with Crippen LogP contribution in [-0.4, -0.2) is 25.6 Å². The number of hydrogen-bond acceptors (Lipinski definition) is 4. The number of carbonyl (C=O) groups is 1. The van der Waals surface area contributed by atoms with Gasteiger partial charge in [0.25, 0.3) is 10.0 Å². The Labute approximate surface area is 201 Å². The molecule has 2 bridgehead atoms. The van der Waals surface area contributed by atoms with E-state index >= 15 is 0 Å². The average molecular weight is 504 g/mol. The highest BCUT2D eigenvalue weighted by Gasteiger charge is 2.74. The Hall–Kier alpha value is -3.06. The van der Waals surface area contributed by atoms with Crippen LogP contribution in [0.1, 0.15) is 48.9 Å². The first-order valence-electron chi connectivity index (χ1n) is 11.5. The molecule has 0 spiro atoms. The Balaban J connectivity index is 1.56. The number of hydrogen-bond donors (Lipinski definition) is 1. The summed E-state index contributed by atoms with van der Waals surface area (Å²) in [6.07, 6.45) is -2.82. The van der Waals surface area contributed by atoms with Crippen molar-refractivity contribution in [2.24, 2.45) is 17.8 Å². The molecule has 35 heavy (non-hydrogen) atoms. The third kappa shape index (κ3) is 3.35. The molecule has 3 fully saturated rings. The van der Waals surface area contributed by atoms with Crippen LogP contribution in [0.5, 0.6) is 0 Å². The van der Waals surface area contributed by atoms with Crippen LogP contribution in [0.2, 0.25) is 0 Å². The van der Waals surface area contributed by atoms with Gasteiger partial charge >= 0.3 is 6.18 Å². The quantitative estimate of drug-likeness (QED) is 0.670. The number of alkyl halides is 3. The minimum absolute atomic E-state index is 0.0121. The largest absolute Gasteiger partial charge is 0.417 e. The molecule has 2 saturated carbocycles. The zero-order valence-corrected chi connectivity index (χ0v) is 19.7. The van der Waals surface area contributed by atoms with Gasteiger partial charge in [-0.1, -0.05) is 30.3 Å². The van der Waals surface area contributed by atoms with Crippen LogP contribution in [0, 0.1) is 29.1 Å². The van der Waals surface area contributed by atoms with Crippen molar-refractivity contribution in [1.82, 2.24) is 5.32 Å². The van der Waals surface area contributed by atoms with Crippen molar-refractivity contribution in [3.05, 3.63) is 65.2 Å². The third-order valence-corrected chi connectivity index (χ3v) is 10.6. The van der Waals surface area contributed by atoms with Gasteiger partial charge in [0.05, 0.1) is 28.9 Å². The summed E-state index contributed by atoms with van der Waals surface area (Å²) in [6, 6.07) is 13.2. The van der Waals surface area contributed by atoms with Crippen LogP contribution in [0.15, 0.2) is 48.5 Å². The number of nitrogens with one attached hydrogen (secondary N) is 1. The molecule has 184 valence electrons. The molecule has 1 amide bonds. The zero-order chi connectivity index (χ0) is 25.2. The van der Waals surface area contributed by atoms with E-state index in [-0.39, 0.29) is 18.2 Å². The molecule has 1 saturated heterocycles. The summed E-state index contributed by atoms with van der Waals surface area (Å²) in [5, 5.41) is 12.0. The first-order chi connectivity index (χ1) is 16.5. The fraction of sp³-hybridized carbons (Fsp3) is 0.440. The Morgan fingerprint density at radius 3 is 2.57 bits per heavy atom. The number of anilines is 1. The molecule has 5 rings (SSSR count). The maximum absolute atomic E-state index is 14.1. The predicted octanol–water partition coefficient (Wildman–Crippen LogP) is 4.39. The van der Waals surface area contributed by atoms with Gasteiger partial charge in [-0.3, -0.25) is 9.10 Å². The second-order valence-corrected chi connectivity index (χ2v) is 11.7. The molecule has 0 radical (unpaired) electrons. The molecule has 0 unspecified atom stereocenters. The summed E-state index contributed by atoms with van der Waals surface area (Å²) < 4.78 is 68.2. The average Bonchev–Trinajstić information content (AvgIpc) is 3.49. The van der Waals surface area contributed by atoms with Gasteiger partial charge in [0, 0.05) is 12.5 Å². The molecule has 1 aliphatic heterocycles. The molecule has 1 heterocycles. The first-order valence-corrected chi connectivity index (χ1v) is 12.9. The van der Waals surface area contributed by atoms with Crippen molar-refractivity contribution in [3.63, 3.8) is 0 Å². The van der Waals surface area contributed by atoms with Gasteiger partial charge in [0.1, 0.15) is 0 Å². The van der Waals surface area contributed by atoms with Gasteiger partial charge in [-0.15, -0.1) is 0 Å². The molecule has 2 aromatic rings. The third-order valence-electron chi connectivity index (χ3n) is 8.00. The van der Waals surface area contributed by atoms with Gasteiger partial charge in [-0.05, 0) is 61.8 Å². The summed E-state index contributed by atoms with van der Waals surface area (Å²) in [7, 11) is -4.35. The van der Waals surface area contributed by atoms with E-state index in [0.717, 1.165) is 22.4 Å². The highest BCUT2D eigenvalue weighted by molar-refractivity contribution is 7.95. The summed E-state index contributed by atoms with van der Waals surface area (Å²) in [5.74, 6) is -1.48. The number of fused-ring (bicyclic) bond motifs is 5. The number of rotatable bonds is 4. The Morgan fingerprint density at radius 2 is 1.91 bits per heavy atom. The number of benzene rings is 2. The van der Waals surface area contributed by atoms with E-state index in [9.17, 15) is 26.4 Å². The molecule has 6 nitrogen and oxygen atoms in total. The lowest BCUT2D eigenvalue weighted by molar-refractivity contribution is -0.137. The highest BCUT2D eigenvalue weighted by atomic mass is 32.2. The first kappa shape index (κ1) is 23.7. The summed E-state index contributed by atoms with van der Waals surface area (Å²) in [4.78, 5) is 13.8. The Morgan fingerprint density at radius 1 is 1.20 bits per heavy atom. The number of carbonyl (C=O) groups excluding carboxylic acids is 1. The predicted molar refractivity (Wildman–Crippen MR) is 122 cm³/mol. The fourth-order valence-electron chi connectivity index (χ4n) is 6.44. The molecule has 3 aliphatic rings. The zero-order valence-electron chi connectivity index (χ0n) is 18.9. The van der Waals surface area contributed by atoms with Gasteiger partial charge in [0.15, 0.2) is 4.75 Å². The normalized spacial score (nSPS) is 29.5. The van der Waals surface area contributed by atoms with Crippen molar-refractivity contribution < 1.29 is 26.4 Å². The van der Waals surface area contributed by atoms with E-state index in [0.29, 0.717) is 18.9 Å². The second kappa shape index (κ2) is 7.98. The van der Waals surface area contributed by atoms with Crippen LogP contribution in [0.25, 0.3) is 0 Å². The van der Waals surface area contributed by atoms with Gasteiger partial charge in [-0.2, -0.15) is 18.4 Å². The maximum atomic E-state index is 14.1. The van der Waals surface area contributed by atoms with Crippen molar-refractivity contribution in [1.29, 1.82) is 5.26 Å².